The van der Waals surface area contributed by atoms with E-state index in [9.17, 15) is 9.59 Å². The summed E-state index contributed by atoms with van der Waals surface area (Å²) in [5.41, 5.74) is 2.79. The predicted molar refractivity (Wildman–Crippen MR) is 107 cm³/mol. The maximum absolute atomic E-state index is 12.4. The van der Waals surface area contributed by atoms with E-state index < -0.39 is 0 Å². The van der Waals surface area contributed by atoms with Crippen molar-refractivity contribution in [2.24, 2.45) is 5.41 Å². The molecule has 2 heterocycles. The Morgan fingerprint density at radius 1 is 1.04 bits per heavy atom. The number of benzene rings is 1. The number of likely N-dealkylation sites (tertiary alicyclic amines) is 1. The van der Waals surface area contributed by atoms with Gasteiger partial charge in [-0.3, -0.25) is 9.59 Å². The Bertz CT molecular complexity index is 711. The topological polar surface area (TPSA) is 61.9 Å². The third kappa shape index (κ3) is 4.92. The Labute approximate surface area is 167 Å². The third-order valence-electron chi connectivity index (χ3n) is 6.32. The second-order valence-corrected chi connectivity index (χ2v) is 8.59. The monoisotopic (exact) mass is 385 g/mol. The van der Waals surface area contributed by atoms with E-state index in [1.165, 1.54) is 49.9 Å². The van der Waals surface area contributed by atoms with E-state index in [-0.39, 0.29) is 30.4 Å². The van der Waals surface area contributed by atoms with Crippen molar-refractivity contribution in [2.75, 3.05) is 45.9 Å². The number of carbonyl (C=O) groups excluding carboxylic acids is 2. The first-order chi connectivity index (χ1) is 13.6. The molecular weight excluding hydrogens is 354 g/mol. The van der Waals surface area contributed by atoms with Crippen molar-refractivity contribution in [1.82, 2.24) is 15.1 Å². The number of hydrogen-bond acceptors (Lipinski definition) is 4. The maximum atomic E-state index is 12.4. The van der Waals surface area contributed by atoms with Crippen LogP contribution in [-0.2, 0) is 27.3 Å². The Kier molecular flexibility index (Phi) is 5.97. The van der Waals surface area contributed by atoms with Crippen LogP contribution in [0.3, 0.4) is 0 Å². The predicted octanol–water partition coefficient (Wildman–Crippen LogP) is 1.58. The molecule has 0 unspecified atom stereocenters. The SMILES string of the molecule is O=C(COCC(=O)N1CCc2ccccc2C1)NCC1(CN2CCCC2)CC1. The van der Waals surface area contributed by atoms with E-state index in [0.29, 0.717) is 13.1 Å². The van der Waals surface area contributed by atoms with E-state index in [4.69, 9.17) is 4.74 Å². The van der Waals surface area contributed by atoms with Crippen molar-refractivity contribution < 1.29 is 14.3 Å². The molecule has 1 saturated carbocycles. The number of fused-ring (bicyclic) bond motifs is 1. The van der Waals surface area contributed by atoms with E-state index >= 15 is 0 Å². The average molecular weight is 386 g/mol. The molecule has 152 valence electrons. The van der Waals surface area contributed by atoms with Crippen LogP contribution in [0.5, 0.6) is 0 Å². The normalized spacial score (nSPS) is 20.6. The zero-order valence-electron chi connectivity index (χ0n) is 16.6. The van der Waals surface area contributed by atoms with Crippen molar-refractivity contribution >= 4 is 11.8 Å². The zero-order chi connectivity index (χ0) is 19.4. The van der Waals surface area contributed by atoms with Crippen molar-refractivity contribution in [1.29, 1.82) is 0 Å². The fourth-order valence-corrected chi connectivity index (χ4v) is 4.35. The Morgan fingerprint density at radius 2 is 1.79 bits per heavy atom. The molecule has 1 aromatic carbocycles. The molecule has 1 saturated heterocycles. The summed E-state index contributed by atoms with van der Waals surface area (Å²) in [4.78, 5) is 28.8. The number of ether oxygens (including phenoxy) is 1. The van der Waals surface area contributed by atoms with Crippen LogP contribution in [0.2, 0.25) is 0 Å². The summed E-state index contributed by atoms with van der Waals surface area (Å²) in [5.74, 6) is -0.167. The fraction of sp³-hybridized carbons (Fsp3) is 0.636. The van der Waals surface area contributed by atoms with Crippen LogP contribution in [0.4, 0.5) is 0 Å². The Balaban J connectivity index is 1.13. The molecule has 0 aromatic heterocycles. The maximum Gasteiger partial charge on any atom is 0.248 e. The number of nitrogens with zero attached hydrogens (tertiary/aromatic N) is 2. The first-order valence-corrected chi connectivity index (χ1v) is 10.5. The molecule has 1 aromatic rings. The smallest absolute Gasteiger partial charge is 0.248 e. The van der Waals surface area contributed by atoms with Crippen LogP contribution in [0, 0.1) is 5.41 Å². The highest BCUT2D eigenvalue weighted by atomic mass is 16.5. The van der Waals surface area contributed by atoms with Crippen LogP contribution < -0.4 is 5.32 Å². The van der Waals surface area contributed by atoms with Gasteiger partial charge in [0.2, 0.25) is 11.8 Å². The summed E-state index contributed by atoms with van der Waals surface area (Å²) in [6.07, 6.45) is 5.86. The van der Waals surface area contributed by atoms with Crippen LogP contribution in [-0.4, -0.2) is 67.6 Å². The van der Waals surface area contributed by atoms with Crippen molar-refractivity contribution in [3.63, 3.8) is 0 Å². The van der Waals surface area contributed by atoms with E-state index in [1.807, 2.05) is 17.0 Å². The number of carbonyl (C=O) groups is 2. The van der Waals surface area contributed by atoms with Gasteiger partial charge in [0.1, 0.15) is 13.2 Å². The van der Waals surface area contributed by atoms with Gasteiger partial charge in [-0.15, -0.1) is 0 Å². The van der Waals surface area contributed by atoms with Gasteiger partial charge in [0.05, 0.1) is 0 Å². The van der Waals surface area contributed by atoms with Gasteiger partial charge >= 0.3 is 0 Å². The molecule has 6 nitrogen and oxygen atoms in total. The summed E-state index contributed by atoms with van der Waals surface area (Å²) >= 11 is 0. The van der Waals surface area contributed by atoms with Crippen molar-refractivity contribution in [3.05, 3.63) is 35.4 Å². The van der Waals surface area contributed by atoms with Gasteiger partial charge in [-0.25, -0.2) is 0 Å². The molecule has 4 rings (SSSR count). The van der Waals surface area contributed by atoms with Crippen LogP contribution in [0.25, 0.3) is 0 Å². The molecule has 2 amide bonds. The lowest BCUT2D eigenvalue weighted by molar-refractivity contribution is -0.139. The molecule has 2 aliphatic heterocycles. The Hall–Kier alpha value is -1.92. The largest absolute Gasteiger partial charge is 0.362 e. The van der Waals surface area contributed by atoms with Gasteiger partial charge in [-0.1, -0.05) is 24.3 Å². The molecule has 1 aliphatic carbocycles. The molecular formula is C22H31N3O3. The number of amides is 2. The first-order valence-electron chi connectivity index (χ1n) is 10.5. The average Bonchev–Trinajstić information content (AvgIpc) is 3.28. The second kappa shape index (κ2) is 8.62. The van der Waals surface area contributed by atoms with Crippen molar-refractivity contribution in [2.45, 2.75) is 38.6 Å². The highest BCUT2D eigenvalue weighted by Crippen LogP contribution is 2.46. The third-order valence-corrected chi connectivity index (χ3v) is 6.32. The summed E-state index contributed by atoms with van der Waals surface area (Å²) in [6.45, 7) is 5.48. The van der Waals surface area contributed by atoms with Gasteiger partial charge in [0, 0.05) is 31.6 Å². The minimum atomic E-state index is -0.121. The van der Waals surface area contributed by atoms with Gasteiger partial charge in [-0.05, 0) is 56.3 Å². The fourth-order valence-electron chi connectivity index (χ4n) is 4.35. The van der Waals surface area contributed by atoms with Crippen LogP contribution >= 0.6 is 0 Å². The number of nitrogens with one attached hydrogen (secondary N) is 1. The lowest BCUT2D eigenvalue weighted by atomic mass is 10.00. The molecule has 0 atom stereocenters. The first kappa shape index (κ1) is 19.4. The van der Waals surface area contributed by atoms with Gasteiger partial charge in [0.15, 0.2) is 0 Å². The number of hydrogen-bond donors (Lipinski definition) is 1. The van der Waals surface area contributed by atoms with E-state index in [1.54, 1.807) is 0 Å². The summed E-state index contributed by atoms with van der Waals surface area (Å²) in [5, 5.41) is 3.01. The van der Waals surface area contributed by atoms with Gasteiger partial charge in [-0.2, -0.15) is 0 Å². The minimum Gasteiger partial charge on any atom is -0.362 e. The lowest BCUT2D eigenvalue weighted by Crippen LogP contribution is -2.40. The standard InChI is InChI=1S/C22H31N3O3/c26-20(23-16-22(8-9-22)17-24-10-3-4-11-24)14-28-15-21(27)25-12-7-18-5-1-2-6-19(18)13-25/h1-2,5-6H,3-4,7-17H2,(H,23,26). The van der Waals surface area contributed by atoms with Crippen LogP contribution in [0.1, 0.15) is 36.8 Å². The van der Waals surface area contributed by atoms with E-state index in [0.717, 1.165) is 19.5 Å². The van der Waals surface area contributed by atoms with E-state index in [2.05, 4.69) is 22.3 Å². The van der Waals surface area contributed by atoms with Crippen LogP contribution in [0.15, 0.2) is 24.3 Å². The Morgan fingerprint density at radius 3 is 2.54 bits per heavy atom. The summed E-state index contributed by atoms with van der Waals surface area (Å²) in [6, 6.07) is 8.23. The van der Waals surface area contributed by atoms with Gasteiger partial charge < -0.3 is 19.9 Å². The molecule has 0 spiro atoms. The minimum absolute atomic E-state index is 0.0332. The van der Waals surface area contributed by atoms with Gasteiger partial charge in [0.25, 0.3) is 0 Å². The van der Waals surface area contributed by atoms with Crippen molar-refractivity contribution in [3.8, 4) is 0 Å². The summed E-state index contributed by atoms with van der Waals surface area (Å²) in [7, 11) is 0. The quantitative estimate of drug-likeness (QED) is 0.738. The second-order valence-electron chi connectivity index (χ2n) is 8.59. The zero-order valence-corrected chi connectivity index (χ0v) is 16.6. The molecule has 0 bridgehead atoms. The highest BCUT2D eigenvalue weighted by Gasteiger charge is 2.44. The molecule has 0 radical (unpaired) electrons. The molecule has 2 fully saturated rings. The molecule has 3 aliphatic rings. The lowest BCUT2D eigenvalue weighted by Gasteiger charge is -2.28. The summed E-state index contributed by atoms with van der Waals surface area (Å²) < 4.78 is 5.40. The molecule has 1 N–H and O–H groups in total. The molecule has 6 heteroatoms. The molecule has 28 heavy (non-hydrogen) atoms. The highest BCUT2D eigenvalue weighted by molar-refractivity contribution is 5.80. The number of rotatable bonds is 8.